The Morgan fingerprint density at radius 3 is 1.54 bits per heavy atom. The lowest BCUT2D eigenvalue weighted by atomic mass is 9.75. The summed E-state index contributed by atoms with van der Waals surface area (Å²) in [4.78, 5) is 0. The predicted molar refractivity (Wildman–Crippen MR) is 234 cm³/mol. The van der Waals surface area contributed by atoms with Crippen molar-refractivity contribution in [2.45, 2.75) is 19.3 Å². The van der Waals surface area contributed by atoms with E-state index in [1.165, 1.54) is 0 Å². The zero-order chi connectivity index (χ0) is 38.7. The second-order valence-corrected chi connectivity index (χ2v) is 18.0. The molecule has 9 aromatic rings. The fraction of sp³-hybridized carbons (Fsp3) is 0.0577. The van der Waals surface area contributed by atoms with Crippen LogP contribution in [-0.2, 0) is 9.98 Å². The molecule has 0 saturated carbocycles. The van der Waals surface area contributed by atoms with E-state index < -0.39 is 7.14 Å². The van der Waals surface area contributed by atoms with Crippen LogP contribution in [-0.4, -0.2) is 4.57 Å². The summed E-state index contributed by atoms with van der Waals surface area (Å²) in [5.74, 6) is 1.67. The minimum Gasteiger partial charge on any atom is -0.457 e. The van der Waals surface area contributed by atoms with Crippen molar-refractivity contribution in [2.24, 2.45) is 0 Å². The first-order valence-corrected chi connectivity index (χ1v) is 20.9. The number of para-hydroxylation sites is 1. The number of rotatable bonds is 6. The molecule has 272 valence electrons. The summed E-state index contributed by atoms with van der Waals surface area (Å²) in [5.41, 5.74) is 10.0. The third-order valence-corrected chi connectivity index (χ3v) is 14.7. The van der Waals surface area contributed by atoms with E-state index in [-0.39, 0.29) is 5.41 Å². The maximum Gasteiger partial charge on any atom is 0.171 e. The number of nitrogens with zero attached hydrogens (tertiary/aromatic N) is 2. The van der Waals surface area contributed by atoms with Gasteiger partial charge in [0.1, 0.15) is 11.5 Å². The molecule has 10 rings (SSSR count). The molecule has 8 aromatic carbocycles. The third kappa shape index (κ3) is 5.62. The lowest BCUT2D eigenvalue weighted by Crippen LogP contribution is -2.25. The monoisotopic (exact) mass is 752 g/mol. The van der Waals surface area contributed by atoms with Gasteiger partial charge in [-0.1, -0.05) is 147 Å². The molecule has 0 aliphatic carbocycles. The summed E-state index contributed by atoms with van der Waals surface area (Å²) in [5, 5.41) is 14.3. The molecule has 5 heteroatoms. The van der Waals surface area contributed by atoms with Gasteiger partial charge in [-0.05, 0) is 76.9 Å². The van der Waals surface area contributed by atoms with Gasteiger partial charge in [0.15, 0.2) is 7.14 Å². The van der Waals surface area contributed by atoms with Crippen molar-refractivity contribution < 1.29 is 9.30 Å². The number of fused-ring (bicyclic) bond motifs is 5. The Hall–Kier alpha value is -6.92. The second-order valence-electron chi connectivity index (χ2n) is 15.2. The van der Waals surface area contributed by atoms with Crippen LogP contribution in [0.3, 0.4) is 0 Å². The molecule has 0 radical (unpaired) electrons. The van der Waals surface area contributed by atoms with Crippen LogP contribution in [0.2, 0.25) is 0 Å². The van der Waals surface area contributed by atoms with Crippen molar-refractivity contribution in [3.05, 3.63) is 205 Å². The number of benzene rings is 8. The molecule has 1 aromatic heterocycles. The van der Waals surface area contributed by atoms with Crippen LogP contribution >= 0.6 is 7.14 Å². The van der Waals surface area contributed by atoms with Gasteiger partial charge < -0.3 is 13.9 Å². The molecule has 57 heavy (non-hydrogen) atoms. The molecule has 1 aliphatic rings. The van der Waals surface area contributed by atoms with Crippen molar-refractivity contribution in [3.63, 3.8) is 0 Å². The largest absolute Gasteiger partial charge is 0.457 e. The van der Waals surface area contributed by atoms with Crippen molar-refractivity contribution >= 4 is 44.9 Å². The Labute approximate surface area is 332 Å². The number of hydrogen-bond donors (Lipinski definition) is 0. The number of hydrogen-bond acceptors (Lipinski definition) is 3. The van der Waals surface area contributed by atoms with Gasteiger partial charge in [-0.25, -0.2) is 0 Å². The topological polar surface area (TPSA) is 55.0 Å². The second kappa shape index (κ2) is 13.4. The SMILES string of the molecule is CC1(C)c2ccc(-c3ccc(P(=O)(c4ccccc4)c4ccccc4)cc3)cc2Oc2cc(-c3ccc4c(c3)c3cc(C#N)ccc3n4-c3ccccc3)ccc21. The Balaban J connectivity index is 1.01. The summed E-state index contributed by atoms with van der Waals surface area (Å²) in [7, 11) is -3.07. The molecule has 0 amide bonds. The van der Waals surface area contributed by atoms with Gasteiger partial charge in [-0.15, -0.1) is 0 Å². The highest BCUT2D eigenvalue weighted by molar-refractivity contribution is 7.85. The summed E-state index contributed by atoms with van der Waals surface area (Å²) in [6, 6.07) is 65.9. The average Bonchev–Trinajstić information content (AvgIpc) is 3.59. The molecule has 0 unspecified atom stereocenters. The molecular formula is C52H37N2O2P. The van der Waals surface area contributed by atoms with E-state index in [9.17, 15) is 9.83 Å². The van der Waals surface area contributed by atoms with Gasteiger partial charge in [0, 0.05) is 48.9 Å². The lowest BCUT2D eigenvalue weighted by Gasteiger charge is -2.35. The first-order chi connectivity index (χ1) is 27.8. The first-order valence-electron chi connectivity index (χ1n) is 19.2. The van der Waals surface area contributed by atoms with Crippen LogP contribution in [0.15, 0.2) is 188 Å². The zero-order valence-corrected chi connectivity index (χ0v) is 32.5. The first kappa shape index (κ1) is 34.6. The van der Waals surface area contributed by atoms with Crippen LogP contribution in [0.25, 0.3) is 49.7 Å². The van der Waals surface area contributed by atoms with E-state index in [1.54, 1.807) is 0 Å². The zero-order valence-electron chi connectivity index (χ0n) is 31.6. The normalized spacial score (nSPS) is 13.1. The van der Waals surface area contributed by atoms with Crippen LogP contribution in [0, 0.1) is 11.3 Å². The minimum absolute atomic E-state index is 0.289. The molecule has 1 aliphatic heterocycles. The fourth-order valence-corrected chi connectivity index (χ4v) is 11.2. The fourth-order valence-electron chi connectivity index (χ4n) is 8.58. The molecule has 0 bridgehead atoms. The van der Waals surface area contributed by atoms with Gasteiger partial charge in [-0.3, -0.25) is 0 Å². The minimum atomic E-state index is -3.07. The highest BCUT2D eigenvalue weighted by atomic mass is 31.2. The molecule has 2 heterocycles. The van der Waals surface area contributed by atoms with Crippen LogP contribution < -0.4 is 20.7 Å². The van der Waals surface area contributed by atoms with E-state index in [2.05, 4.69) is 115 Å². The number of nitriles is 1. The van der Waals surface area contributed by atoms with Gasteiger partial charge in [-0.2, -0.15) is 5.26 Å². The molecule has 0 fully saturated rings. The summed E-state index contributed by atoms with van der Waals surface area (Å²) < 4.78 is 24.0. The third-order valence-electron chi connectivity index (χ3n) is 11.6. The van der Waals surface area contributed by atoms with Crippen molar-refractivity contribution in [1.82, 2.24) is 4.57 Å². The molecule has 0 N–H and O–H groups in total. The van der Waals surface area contributed by atoms with Gasteiger partial charge in [0.25, 0.3) is 0 Å². The van der Waals surface area contributed by atoms with Crippen LogP contribution in [0.4, 0.5) is 0 Å². The van der Waals surface area contributed by atoms with Crippen LogP contribution in [0.5, 0.6) is 11.5 Å². The predicted octanol–water partition coefficient (Wildman–Crippen LogP) is 12.1. The van der Waals surface area contributed by atoms with Gasteiger partial charge in [0.2, 0.25) is 0 Å². The summed E-state index contributed by atoms with van der Waals surface area (Å²) in [6.07, 6.45) is 0. The van der Waals surface area contributed by atoms with E-state index in [1.807, 2.05) is 97.1 Å². The van der Waals surface area contributed by atoms with Crippen molar-refractivity contribution in [3.8, 4) is 45.5 Å². The highest BCUT2D eigenvalue weighted by Gasteiger charge is 2.35. The maximum absolute atomic E-state index is 15.0. The molecule has 0 saturated heterocycles. The smallest absolute Gasteiger partial charge is 0.171 e. The average molecular weight is 753 g/mol. The lowest BCUT2D eigenvalue weighted by molar-refractivity contribution is 0.418. The van der Waals surface area contributed by atoms with E-state index in [4.69, 9.17) is 4.74 Å². The van der Waals surface area contributed by atoms with Crippen LogP contribution in [0.1, 0.15) is 30.5 Å². The van der Waals surface area contributed by atoms with Crippen molar-refractivity contribution in [2.75, 3.05) is 0 Å². The highest BCUT2D eigenvalue weighted by Crippen LogP contribution is 2.50. The van der Waals surface area contributed by atoms with E-state index in [0.717, 1.165) is 88.3 Å². The van der Waals surface area contributed by atoms with Gasteiger partial charge >= 0.3 is 0 Å². The number of ether oxygens (including phenoxy) is 1. The Morgan fingerprint density at radius 2 is 0.965 bits per heavy atom. The maximum atomic E-state index is 15.0. The van der Waals surface area contributed by atoms with E-state index >= 15 is 0 Å². The number of aromatic nitrogens is 1. The molecule has 4 nitrogen and oxygen atoms in total. The molecular weight excluding hydrogens is 716 g/mol. The Bertz CT molecular complexity index is 3050. The summed E-state index contributed by atoms with van der Waals surface area (Å²) in [6.45, 7) is 4.51. The molecule has 0 atom stereocenters. The Morgan fingerprint density at radius 1 is 0.509 bits per heavy atom. The van der Waals surface area contributed by atoms with E-state index in [0.29, 0.717) is 5.56 Å². The standard InChI is InChI=1S/C52H37N2O2P/c1-52(2)46-26-21-38(36-19-24-43(25-20-36)57(55,41-14-8-4-9-15-41)42-16-10-5-11-17-42)32-50(46)56-51-33-39(22-27-47(51)52)37-23-29-49-45(31-37)44-30-35(34-53)18-28-48(44)54(49)40-12-6-3-7-13-40/h3-33H,1-2H3. The quantitative estimate of drug-likeness (QED) is 0.159. The van der Waals surface area contributed by atoms with Crippen molar-refractivity contribution in [1.29, 1.82) is 5.26 Å². The summed E-state index contributed by atoms with van der Waals surface area (Å²) >= 11 is 0. The van der Waals surface area contributed by atoms with Gasteiger partial charge in [0.05, 0.1) is 22.7 Å². The molecule has 0 spiro atoms. The Kier molecular flexibility index (Phi) is 8.11.